The minimum absolute atomic E-state index is 0.0620. The molecule has 0 saturated carbocycles. The van der Waals surface area contributed by atoms with Gasteiger partial charge in [-0.2, -0.15) is 0 Å². The first-order chi connectivity index (χ1) is 8.04. The fraction of sp³-hybridized carbons (Fsp3) is 0.455. The van der Waals surface area contributed by atoms with Crippen LogP contribution in [-0.2, 0) is 9.84 Å². The van der Waals surface area contributed by atoms with Gasteiger partial charge in [-0.3, -0.25) is 0 Å². The van der Waals surface area contributed by atoms with Crippen LogP contribution in [0, 0.1) is 6.92 Å². The van der Waals surface area contributed by atoms with E-state index in [2.05, 4.69) is 0 Å². The van der Waals surface area contributed by atoms with Crippen LogP contribution in [0.25, 0.3) is 0 Å². The molecule has 0 unspecified atom stereocenters. The van der Waals surface area contributed by atoms with E-state index in [1.54, 1.807) is 13.0 Å². The average molecular weight is 257 g/mol. The first-order valence-electron chi connectivity index (χ1n) is 5.37. The maximum absolute atomic E-state index is 12.0. The Bertz CT molecular complexity index is 525. The van der Waals surface area contributed by atoms with E-state index in [1.807, 2.05) is 0 Å². The molecule has 0 aromatic heterocycles. The van der Waals surface area contributed by atoms with Gasteiger partial charge in [0.1, 0.15) is 13.2 Å². The molecule has 94 valence electrons. The summed E-state index contributed by atoms with van der Waals surface area (Å²) in [6.07, 6.45) is 0. The van der Waals surface area contributed by atoms with Crippen LogP contribution in [0.15, 0.2) is 17.0 Å². The number of aryl methyl sites for hydroxylation is 1. The number of fused-ring (bicyclic) bond motifs is 1. The van der Waals surface area contributed by atoms with Gasteiger partial charge in [-0.1, -0.05) is 0 Å². The first-order valence-corrected chi connectivity index (χ1v) is 7.03. The molecular weight excluding hydrogens is 242 g/mol. The Labute approximate surface area is 100 Å². The topological polar surface area (TPSA) is 78.6 Å². The zero-order valence-corrected chi connectivity index (χ0v) is 10.4. The van der Waals surface area contributed by atoms with E-state index in [9.17, 15) is 8.42 Å². The van der Waals surface area contributed by atoms with Crippen molar-refractivity contribution in [2.75, 3.05) is 25.5 Å². The molecule has 5 nitrogen and oxygen atoms in total. The SMILES string of the molecule is Cc1cc2c(cc1S(=O)(=O)CCN)OCCO2. The summed E-state index contributed by atoms with van der Waals surface area (Å²) >= 11 is 0. The minimum atomic E-state index is -3.34. The lowest BCUT2D eigenvalue weighted by molar-refractivity contribution is 0.171. The Morgan fingerprint density at radius 3 is 2.41 bits per heavy atom. The summed E-state index contributed by atoms with van der Waals surface area (Å²) < 4.78 is 34.7. The van der Waals surface area contributed by atoms with Crippen molar-refractivity contribution in [3.63, 3.8) is 0 Å². The van der Waals surface area contributed by atoms with Gasteiger partial charge < -0.3 is 15.2 Å². The zero-order valence-electron chi connectivity index (χ0n) is 9.60. The number of hydrogen-bond donors (Lipinski definition) is 1. The molecule has 0 atom stereocenters. The molecule has 0 saturated heterocycles. The lowest BCUT2D eigenvalue weighted by atomic mass is 10.2. The van der Waals surface area contributed by atoms with Crippen LogP contribution in [0.1, 0.15) is 5.56 Å². The van der Waals surface area contributed by atoms with Gasteiger partial charge in [0.25, 0.3) is 0 Å². The zero-order chi connectivity index (χ0) is 12.5. The summed E-state index contributed by atoms with van der Waals surface area (Å²) in [5.74, 6) is 1.02. The van der Waals surface area contributed by atoms with Crippen molar-refractivity contribution >= 4 is 9.84 Å². The number of benzene rings is 1. The summed E-state index contributed by atoms with van der Waals surface area (Å²) in [6, 6.07) is 3.21. The third kappa shape index (κ3) is 2.37. The minimum Gasteiger partial charge on any atom is -0.486 e. The molecule has 0 aliphatic carbocycles. The maximum Gasteiger partial charge on any atom is 0.180 e. The van der Waals surface area contributed by atoms with Gasteiger partial charge in [-0.05, 0) is 18.6 Å². The number of nitrogens with two attached hydrogens (primary N) is 1. The summed E-state index contributed by atoms with van der Waals surface area (Å²) in [7, 11) is -3.34. The van der Waals surface area contributed by atoms with Gasteiger partial charge in [0.15, 0.2) is 21.3 Å². The molecule has 6 heteroatoms. The Balaban J connectivity index is 2.49. The number of ether oxygens (including phenoxy) is 2. The predicted molar refractivity (Wildman–Crippen MR) is 63.3 cm³/mol. The van der Waals surface area contributed by atoms with Crippen molar-refractivity contribution in [2.24, 2.45) is 5.73 Å². The molecule has 17 heavy (non-hydrogen) atoms. The third-order valence-electron chi connectivity index (χ3n) is 2.56. The van der Waals surface area contributed by atoms with Gasteiger partial charge in [0, 0.05) is 12.6 Å². The molecule has 0 bridgehead atoms. The van der Waals surface area contributed by atoms with Crippen molar-refractivity contribution in [1.82, 2.24) is 0 Å². The van der Waals surface area contributed by atoms with Crippen LogP contribution < -0.4 is 15.2 Å². The van der Waals surface area contributed by atoms with Crippen molar-refractivity contribution in [3.8, 4) is 11.5 Å². The monoisotopic (exact) mass is 257 g/mol. The molecule has 1 heterocycles. The van der Waals surface area contributed by atoms with Gasteiger partial charge in [0.2, 0.25) is 0 Å². The standard InChI is InChI=1S/C11H15NO4S/c1-8-6-9-10(16-4-3-15-9)7-11(8)17(13,14)5-2-12/h6-7H,2-5,12H2,1H3. The Hall–Kier alpha value is -1.27. The lowest BCUT2D eigenvalue weighted by Gasteiger charge is -2.20. The highest BCUT2D eigenvalue weighted by atomic mass is 32.2. The first kappa shape index (κ1) is 12.2. The Kier molecular flexibility index (Phi) is 3.26. The second-order valence-corrected chi connectivity index (χ2v) is 5.95. The Morgan fingerprint density at radius 1 is 1.24 bits per heavy atom. The van der Waals surface area contributed by atoms with E-state index in [0.29, 0.717) is 30.3 Å². The molecule has 0 radical (unpaired) electrons. The number of sulfone groups is 1. The van der Waals surface area contributed by atoms with Gasteiger partial charge >= 0.3 is 0 Å². The average Bonchev–Trinajstić information content (AvgIpc) is 2.27. The summed E-state index contributed by atoms with van der Waals surface area (Å²) in [5.41, 5.74) is 5.96. The van der Waals surface area contributed by atoms with E-state index in [1.165, 1.54) is 6.07 Å². The molecule has 1 aliphatic heterocycles. The number of rotatable bonds is 3. The van der Waals surface area contributed by atoms with E-state index < -0.39 is 9.84 Å². The van der Waals surface area contributed by atoms with Crippen molar-refractivity contribution < 1.29 is 17.9 Å². The quantitative estimate of drug-likeness (QED) is 0.853. The molecule has 1 aromatic carbocycles. The van der Waals surface area contributed by atoms with E-state index in [-0.39, 0.29) is 17.2 Å². The molecular formula is C11H15NO4S. The van der Waals surface area contributed by atoms with Crippen LogP contribution >= 0.6 is 0 Å². The van der Waals surface area contributed by atoms with E-state index >= 15 is 0 Å². The predicted octanol–water partition coefficient (Wildman–Crippen LogP) is 0.499. The second-order valence-electron chi connectivity index (χ2n) is 3.87. The highest BCUT2D eigenvalue weighted by Crippen LogP contribution is 2.34. The summed E-state index contributed by atoms with van der Waals surface area (Å²) in [6.45, 7) is 2.77. The van der Waals surface area contributed by atoms with E-state index in [4.69, 9.17) is 15.2 Å². The van der Waals surface area contributed by atoms with Gasteiger partial charge in [-0.15, -0.1) is 0 Å². The summed E-state index contributed by atoms with van der Waals surface area (Å²) in [4.78, 5) is 0.271. The van der Waals surface area contributed by atoms with Gasteiger partial charge in [-0.25, -0.2) is 8.42 Å². The van der Waals surface area contributed by atoms with Crippen LogP contribution in [-0.4, -0.2) is 33.9 Å². The molecule has 2 N–H and O–H groups in total. The molecule has 1 aromatic rings. The third-order valence-corrected chi connectivity index (χ3v) is 4.44. The molecule has 2 rings (SSSR count). The maximum atomic E-state index is 12.0. The highest BCUT2D eigenvalue weighted by molar-refractivity contribution is 7.91. The fourth-order valence-corrected chi connectivity index (χ4v) is 3.14. The molecule has 1 aliphatic rings. The van der Waals surface area contributed by atoms with Crippen LogP contribution in [0.4, 0.5) is 0 Å². The number of hydrogen-bond acceptors (Lipinski definition) is 5. The van der Waals surface area contributed by atoms with Crippen LogP contribution in [0.3, 0.4) is 0 Å². The molecule has 0 amide bonds. The van der Waals surface area contributed by atoms with Gasteiger partial charge in [0.05, 0.1) is 10.6 Å². The Morgan fingerprint density at radius 2 is 1.82 bits per heavy atom. The normalized spacial score (nSPS) is 14.7. The second kappa shape index (κ2) is 4.54. The van der Waals surface area contributed by atoms with Crippen molar-refractivity contribution in [2.45, 2.75) is 11.8 Å². The van der Waals surface area contributed by atoms with Crippen LogP contribution in [0.5, 0.6) is 11.5 Å². The largest absolute Gasteiger partial charge is 0.486 e. The van der Waals surface area contributed by atoms with E-state index in [0.717, 1.165) is 0 Å². The van der Waals surface area contributed by atoms with Crippen molar-refractivity contribution in [1.29, 1.82) is 0 Å². The summed E-state index contributed by atoms with van der Waals surface area (Å²) in [5, 5.41) is 0. The van der Waals surface area contributed by atoms with Crippen LogP contribution in [0.2, 0.25) is 0 Å². The van der Waals surface area contributed by atoms with Crippen molar-refractivity contribution in [3.05, 3.63) is 17.7 Å². The smallest absolute Gasteiger partial charge is 0.180 e. The highest BCUT2D eigenvalue weighted by Gasteiger charge is 2.21. The molecule has 0 spiro atoms. The molecule has 0 fully saturated rings. The lowest BCUT2D eigenvalue weighted by Crippen LogP contribution is -2.19. The fourth-order valence-electron chi connectivity index (χ4n) is 1.77.